The van der Waals surface area contributed by atoms with E-state index in [1.54, 1.807) is 0 Å². The van der Waals surface area contributed by atoms with Crippen LogP contribution >= 0.6 is 15.9 Å². The summed E-state index contributed by atoms with van der Waals surface area (Å²) in [7, 11) is 0. The van der Waals surface area contributed by atoms with Crippen molar-refractivity contribution in [3.63, 3.8) is 0 Å². The van der Waals surface area contributed by atoms with E-state index >= 15 is 0 Å². The number of nitrogens with zero attached hydrogens (tertiary/aromatic N) is 3. The number of benzene rings is 2. The summed E-state index contributed by atoms with van der Waals surface area (Å²) in [5.41, 5.74) is 2.91. The second-order valence-corrected chi connectivity index (χ2v) is 8.31. The first-order valence-electron chi connectivity index (χ1n) is 9.76. The van der Waals surface area contributed by atoms with Crippen LogP contribution < -0.4 is 5.32 Å². The number of anilines is 1. The SMILES string of the molecule is Cc1ccccc1-c1noc(CN2CCCC(C(=O)Nc3ccc(Br)cc3)C2)n1. The lowest BCUT2D eigenvalue weighted by Crippen LogP contribution is -2.40. The van der Waals surface area contributed by atoms with Crippen molar-refractivity contribution < 1.29 is 9.32 Å². The van der Waals surface area contributed by atoms with E-state index in [9.17, 15) is 4.79 Å². The normalized spacial score (nSPS) is 17.2. The van der Waals surface area contributed by atoms with Gasteiger partial charge in [-0.1, -0.05) is 45.4 Å². The van der Waals surface area contributed by atoms with Gasteiger partial charge in [-0.2, -0.15) is 4.98 Å². The number of aryl methyl sites for hydroxylation is 1. The van der Waals surface area contributed by atoms with Gasteiger partial charge in [0.05, 0.1) is 12.5 Å². The molecule has 3 aromatic rings. The van der Waals surface area contributed by atoms with E-state index in [0.717, 1.165) is 40.7 Å². The highest BCUT2D eigenvalue weighted by Gasteiger charge is 2.27. The first-order valence-corrected chi connectivity index (χ1v) is 10.5. The van der Waals surface area contributed by atoms with E-state index in [1.807, 2.05) is 55.5 Å². The van der Waals surface area contributed by atoms with E-state index in [2.05, 4.69) is 36.3 Å². The average molecular weight is 455 g/mol. The molecule has 1 fully saturated rings. The van der Waals surface area contributed by atoms with E-state index in [0.29, 0.717) is 24.8 Å². The molecule has 4 rings (SSSR count). The molecule has 6 nitrogen and oxygen atoms in total. The van der Waals surface area contributed by atoms with Crippen molar-refractivity contribution in [2.45, 2.75) is 26.3 Å². The van der Waals surface area contributed by atoms with Crippen LogP contribution in [0.15, 0.2) is 57.5 Å². The lowest BCUT2D eigenvalue weighted by Gasteiger charge is -2.30. The highest BCUT2D eigenvalue weighted by atomic mass is 79.9. The van der Waals surface area contributed by atoms with Crippen molar-refractivity contribution >= 4 is 27.5 Å². The molecule has 7 heteroatoms. The maximum absolute atomic E-state index is 12.7. The van der Waals surface area contributed by atoms with Crippen molar-refractivity contribution in [2.75, 3.05) is 18.4 Å². The summed E-state index contributed by atoms with van der Waals surface area (Å²) >= 11 is 3.41. The standard InChI is InChI=1S/C22H23BrN4O2/c1-15-5-2-3-7-19(15)21-25-20(29-26-21)14-27-12-4-6-16(13-27)22(28)24-18-10-8-17(23)9-11-18/h2-3,5,7-11,16H,4,6,12-14H2,1H3,(H,24,28). The molecule has 0 bridgehead atoms. The Labute approximate surface area is 178 Å². The third kappa shape index (κ3) is 4.92. The van der Waals surface area contributed by atoms with E-state index in [-0.39, 0.29) is 11.8 Å². The summed E-state index contributed by atoms with van der Waals surface area (Å²) in [5.74, 6) is 1.20. The number of amides is 1. The molecule has 29 heavy (non-hydrogen) atoms. The quantitative estimate of drug-likeness (QED) is 0.606. The predicted octanol–water partition coefficient (Wildman–Crippen LogP) is 4.66. The Morgan fingerprint density at radius 1 is 1.24 bits per heavy atom. The van der Waals surface area contributed by atoms with Gasteiger partial charge >= 0.3 is 0 Å². The molecule has 1 aromatic heterocycles. The van der Waals surface area contributed by atoms with Gasteiger partial charge in [0, 0.05) is 22.3 Å². The van der Waals surface area contributed by atoms with Crippen LogP contribution in [0.25, 0.3) is 11.4 Å². The number of aromatic nitrogens is 2. The third-order valence-corrected chi connectivity index (χ3v) is 5.73. The molecule has 1 unspecified atom stereocenters. The minimum absolute atomic E-state index is 0.0499. The van der Waals surface area contributed by atoms with Gasteiger partial charge in [0.2, 0.25) is 17.6 Å². The number of piperidine rings is 1. The number of rotatable bonds is 5. The second-order valence-electron chi connectivity index (χ2n) is 7.40. The lowest BCUT2D eigenvalue weighted by molar-refractivity contribution is -0.121. The molecule has 150 valence electrons. The van der Waals surface area contributed by atoms with Crippen LogP contribution in [0.3, 0.4) is 0 Å². The van der Waals surface area contributed by atoms with Gasteiger partial charge in [-0.05, 0) is 56.1 Å². The Balaban J connectivity index is 1.37. The van der Waals surface area contributed by atoms with Gasteiger partial charge in [-0.3, -0.25) is 9.69 Å². The predicted molar refractivity (Wildman–Crippen MR) is 115 cm³/mol. The fourth-order valence-electron chi connectivity index (χ4n) is 3.63. The first-order chi connectivity index (χ1) is 14.1. The lowest BCUT2D eigenvalue weighted by atomic mass is 9.97. The molecule has 1 aliphatic heterocycles. The zero-order valence-electron chi connectivity index (χ0n) is 16.3. The minimum atomic E-state index is -0.0499. The molecular formula is C22H23BrN4O2. The smallest absolute Gasteiger partial charge is 0.241 e. The molecule has 1 aliphatic rings. The second kappa shape index (κ2) is 8.88. The van der Waals surface area contributed by atoms with Gasteiger partial charge in [0.1, 0.15) is 0 Å². The molecule has 1 amide bonds. The Morgan fingerprint density at radius 3 is 2.83 bits per heavy atom. The fraction of sp³-hybridized carbons (Fsp3) is 0.318. The Kier molecular flexibility index (Phi) is 6.06. The number of hydrogen-bond donors (Lipinski definition) is 1. The molecule has 0 aliphatic carbocycles. The zero-order valence-corrected chi connectivity index (χ0v) is 17.9. The van der Waals surface area contributed by atoms with Crippen LogP contribution in [-0.2, 0) is 11.3 Å². The summed E-state index contributed by atoms with van der Waals surface area (Å²) in [6.45, 7) is 4.19. The Morgan fingerprint density at radius 2 is 2.03 bits per heavy atom. The maximum atomic E-state index is 12.7. The van der Waals surface area contributed by atoms with Crippen molar-refractivity contribution in [3.05, 3.63) is 64.5 Å². The van der Waals surface area contributed by atoms with Crippen molar-refractivity contribution in [1.29, 1.82) is 0 Å². The van der Waals surface area contributed by atoms with Crippen LogP contribution in [0.4, 0.5) is 5.69 Å². The molecule has 2 aromatic carbocycles. The van der Waals surface area contributed by atoms with Crippen molar-refractivity contribution in [1.82, 2.24) is 15.0 Å². The Hall–Kier alpha value is -2.51. The highest BCUT2D eigenvalue weighted by Crippen LogP contribution is 2.23. The summed E-state index contributed by atoms with van der Waals surface area (Å²) in [5, 5.41) is 7.15. The molecule has 1 saturated heterocycles. The van der Waals surface area contributed by atoms with Gasteiger partial charge in [0.15, 0.2) is 0 Å². The molecule has 0 spiro atoms. The molecule has 1 atom stereocenters. The van der Waals surface area contributed by atoms with Crippen molar-refractivity contribution in [2.24, 2.45) is 5.92 Å². The van der Waals surface area contributed by atoms with E-state index < -0.39 is 0 Å². The third-order valence-electron chi connectivity index (χ3n) is 5.20. The van der Waals surface area contributed by atoms with Crippen LogP contribution in [0.1, 0.15) is 24.3 Å². The number of hydrogen-bond acceptors (Lipinski definition) is 5. The fourth-order valence-corrected chi connectivity index (χ4v) is 3.90. The number of carbonyl (C=O) groups excluding carboxylic acids is 1. The molecule has 0 saturated carbocycles. The first kappa shape index (κ1) is 19.8. The number of halogens is 1. The van der Waals surface area contributed by atoms with E-state index in [1.165, 1.54) is 0 Å². The monoisotopic (exact) mass is 454 g/mol. The molecule has 2 heterocycles. The molecule has 0 radical (unpaired) electrons. The van der Waals surface area contributed by atoms with Gasteiger partial charge < -0.3 is 9.84 Å². The van der Waals surface area contributed by atoms with E-state index in [4.69, 9.17) is 4.52 Å². The van der Waals surface area contributed by atoms with Gasteiger partial charge in [-0.15, -0.1) is 0 Å². The summed E-state index contributed by atoms with van der Waals surface area (Å²) < 4.78 is 6.46. The van der Waals surface area contributed by atoms with Crippen LogP contribution in [0.2, 0.25) is 0 Å². The van der Waals surface area contributed by atoms with Crippen LogP contribution in [-0.4, -0.2) is 34.0 Å². The summed E-state index contributed by atoms with van der Waals surface area (Å²) in [4.78, 5) is 19.4. The molecule has 1 N–H and O–H groups in total. The van der Waals surface area contributed by atoms with Crippen molar-refractivity contribution in [3.8, 4) is 11.4 Å². The number of carbonyl (C=O) groups is 1. The number of likely N-dealkylation sites (tertiary alicyclic amines) is 1. The summed E-state index contributed by atoms with van der Waals surface area (Å²) in [6.07, 6.45) is 1.86. The number of nitrogens with one attached hydrogen (secondary N) is 1. The Bertz CT molecular complexity index is 986. The highest BCUT2D eigenvalue weighted by molar-refractivity contribution is 9.10. The topological polar surface area (TPSA) is 71.3 Å². The van der Waals surface area contributed by atoms with Gasteiger partial charge in [0.25, 0.3) is 0 Å². The zero-order chi connectivity index (χ0) is 20.2. The average Bonchev–Trinajstić information content (AvgIpc) is 3.18. The van der Waals surface area contributed by atoms with Gasteiger partial charge in [-0.25, -0.2) is 0 Å². The summed E-state index contributed by atoms with van der Waals surface area (Å²) in [6, 6.07) is 15.6. The van der Waals surface area contributed by atoms with Crippen LogP contribution in [0, 0.1) is 12.8 Å². The minimum Gasteiger partial charge on any atom is -0.338 e. The largest absolute Gasteiger partial charge is 0.338 e. The molecular weight excluding hydrogens is 432 g/mol. The van der Waals surface area contributed by atoms with Crippen LogP contribution in [0.5, 0.6) is 0 Å². The maximum Gasteiger partial charge on any atom is 0.241 e.